The van der Waals surface area contributed by atoms with Gasteiger partial charge in [-0.15, -0.1) is 0 Å². The summed E-state index contributed by atoms with van der Waals surface area (Å²) in [6.07, 6.45) is 6.79. The van der Waals surface area contributed by atoms with Gasteiger partial charge in [-0.2, -0.15) is 0 Å². The van der Waals surface area contributed by atoms with Gasteiger partial charge in [-0.3, -0.25) is 4.90 Å². The summed E-state index contributed by atoms with van der Waals surface area (Å²) in [7, 11) is 2.27. The zero-order chi connectivity index (χ0) is 12.1. The van der Waals surface area contributed by atoms with Crippen molar-refractivity contribution < 1.29 is 0 Å². The molecule has 0 aromatic rings. The van der Waals surface area contributed by atoms with Crippen molar-refractivity contribution in [2.24, 2.45) is 0 Å². The Hall–Kier alpha value is -0.120. The van der Waals surface area contributed by atoms with Crippen molar-refractivity contribution in [2.75, 3.05) is 39.8 Å². The molecule has 17 heavy (non-hydrogen) atoms. The summed E-state index contributed by atoms with van der Waals surface area (Å²) < 4.78 is 0. The molecule has 0 saturated carbocycles. The predicted molar refractivity (Wildman–Crippen MR) is 73.4 cm³/mol. The van der Waals surface area contributed by atoms with Crippen LogP contribution in [-0.2, 0) is 0 Å². The van der Waals surface area contributed by atoms with Crippen LogP contribution < -0.4 is 5.32 Å². The largest absolute Gasteiger partial charge is 0.313 e. The van der Waals surface area contributed by atoms with E-state index in [9.17, 15) is 0 Å². The van der Waals surface area contributed by atoms with Crippen LogP contribution in [0.25, 0.3) is 0 Å². The maximum absolute atomic E-state index is 3.70. The van der Waals surface area contributed by atoms with Gasteiger partial charge in [0.25, 0.3) is 0 Å². The second-order valence-corrected chi connectivity index (χ2v) is 5.85. The van der Waals surface area contributed by atoms with Gasteiger partial charge in [-0.1, -0.05) is 6.92 Å². The fourth-order valence-electron chi connectivity index (χ4n) is 3.29. The fourth-order valence-corrected chi connectivity index (χ4v) is 3.29. The van der Waals surface area contributed by atoms with Gasteiger partial charge < -0.3 is 10.2 Å². The second-order valence-electron chi connectivity index (χ2n) is 5.85. The van der Waals surface area contributed by atoms with E-state index in [1.165, 1.54) is 64.8 Å². The molecular weight excluding hydrogens is 210 g/mol. The van der Waals surface area contributed by atoms with Crippen LogP contribution in [0, 0.1) is 0 Å². The molecule has 2 saturated heterocycles. The monoisotopic (exact) mass is 239 g/mol. The summed E-state index contributed by atoms with van der Waals surface area (Å²) in [6.45, 7) is 8.61. The molecule has 2 heterocycles. The molecule has 3 nitrogen and oxygen atoms in total. The lowest BCUT2D eigenvalue weighted by atomic mass is 9.99. The lowest BCUT2D eigenvalue weighted by Gasteiger charge is -2.42. The Balaban J connectivity index is 1.79. The molecule has 2 unspecified atom stereocenters. The number of piperidine rings is 2. The van der Waals surface area contributed by atoms with Crippen molar-refractivity contribution in [3.8, 4) is 0 Å². The van der Waals surface area contributed by atoms with Gasteiger partial charge in [0.1, 0.15) is 0 Å². The highest BCUT2D eigenvalue weighted by molar-refractivity contribution is 4.85. The number of likely N-dealkylation sites (N-methyl/N-ethyl adjacent to an activating group) is 1. The number of hydrogen-bond donors (Lipinski definition) is 1. The van der Waals surface area contributed by atoms with Crippen LogP contribution in [0.4, 0.5) is 0 Å². The van der Waals surface area contributed by atoms with E-state index < -0.39 is 0 Å². The van der Waals surface area contributed by atoms with E-state index in [0.29, 0.717) is 0 Å². The molecule has 3 heteroatoms. The van der Waals surface area contributed by atoms with Crippen molar-refractivity contribution in [1.82, 2.24) is 15.1 Å². The van der Waals surface area contributed by atoms with Crippen molar-refractivity contribution in [3.63, 3.8) is 0 Å². The first-order valence-corrected chi connectivity index (χ1v) is 7.45. The van der Waals surface area contributed by atoms with E-state index in [2.05, 4.69) is 29.1 Å². The van der Waals surface area contributed by atoms with Crippen molar-refractivity contribution in [3.05, 3.63) is 0 Å². The minimum absolute atomic E-state index is 0.746. The third kappa shape index (κ3) is 3.94. The third-order valence-corrected chi connectivity index (χ3v) is 4.25. The van der Waals surface area contributed by atoms with E-state index in [1.54, 1.807) is 0 Å². The normalized spacial score (nSPS) is 32.8. The van der Waals surface area contributed by atoms with Gasteiger partial charge in [-0.25, -0.2) is 0 Å². The topological polar surface area (TPSA) is 18.5 Å². The van der Waals surface area contributed by atoms with Crippen molar-refractivity contribution in [1.29, 1.82) is 0 Å². The van der Waals surface area contributed by atoms with E-state index in [-0.39, 0.29) is 0 Å². The van der Waals surface area contributed by atoms with Gasteiger partial charge in [0.2, 0.25) is 0 Å². The molecule has 0 aromatic carbocycles. The average Bonchev–Trinajstić information content (AvgIpc) is 2.37. The van der Waals surface area contributed by atoms with Crippen molar-refractivity contribution in [2.45, 2.75) is 51.1 Å². The highest BCUT2D eigenvalue weighted by atomic mass is 15.2. The lowest BCUT2D eigenvalue weighted by molar-refractivity contribution is 0.0812. The molecule has 2 aliphatic rings. The first kappa shape index (κ1) is 13.3. The van der Waals surface area contributed by atoms with Crippen LogP contribution >= 0.6 is 0 Å². The minimum Gasteiger partial charge on any atom is -0.313 e. The maximum Gasteiger partial charge on any atom is 0.0224 e. The zero-order valence-corrected chi connectivity index (χ0v) is 11.6. The van der Waals surface area contributed by atoms with Crippen LogP contribution in [0.15, 0.2) is 0 Å². The van der Waals surface area contributed by atoms with E-state index in [1.807, 2.05) is 0 Å². The molecule has 0 aliphatic carbocycles. The summed E-state index contributed by atoms with van der Waals surface area (Å²) in [6, 6.07) is 1.57. The Morgan fingerprint density at radius 2 is 1.94 bits per heavy atom. The molecule has 2 aliphatic heterocycles. The SMILES string of the molecule is CCCNC1CCCN(C2CCCN(C)C2)C1. The molecule has 2 atom stereocenters. The molecule has 0 radical (unpaired) electrons. The number of nitrogens with zero attached hydrogens (tertiary/aromatic N) is 2. The summed E-state index contributed by atoms with van der Waals surface area (Å²) in [5, 5.41) is 3.70. The minimum atomic E-state index is 0.746. The molecule has 2 rings (SSSR count). The van der Waals surface area contributed by atoms with Crippen molar-refractivity contribution >= 4 is 0 Å². The van der Waals surface area contributed by atoms with Crippen LogP contribution in [0.1, 0.15) is 39.0 Å². The van der Waals surface area contributed by atoms with Crippen LogP contribution in [-0.4, -0.2) is 61.7 Å². The number of rotatable bonds is 4. The molecular formula is C14H29N3. The fraction of sp³-hybridized carbons (Fsp3) is 1.00. The van der Waals surface area contributed by atoms with E-state index in [4.69, 9.17) is 0 Å². The first-order valence-electron chi connectivity index (χ1n) is 7.45. The van der Waals surface area contributed by atoms with Crippen LogP contribution in [0.2, 0.25) is 0 Å². The predicted octanol–water partition coefficient (Wildman–Crippen LogP) is 1.54. The summed E-state index contributed by atoms with van der Waals surface area (Å²) >= 11 is 0. The van der Waals surface area contributed by atoms with E-state index >= 15 is 0 Å². The summed E-state index contributed by atoms with van der Waals surface area (Å²) in [4.78, 5) is 5.24. The summed E-state index contributed by atoms with van der Waals surface area (Å²) in [5.41, 5.74) is 0. The molecule has 0 amide bonds. The lowest BCUT2D eigenvalue weighted by Crippen LogP contribution is -2.54. The molecule has 100 valence electrons. The van der Waals surface area contributed by atoms with E-state index in [0.717, 1.165) is 12.1 Å². The van der Waals surface area contributed by atoms with Gasteiger partial charge in [0.15, 0.2) is 0 Å². The Morgan fingerprint density at radius 3 is 2.71 bits per heavy atom. The van der Waals surface area contributed by atoms with Crippen LogP contribution in [0.3, 0.4) is 0 Å². The molecule has 0 aromatic heterocycles. The van der Waals surface area contributed by atoms with Gasteiger partial charge >= 0.3 is 0 Å². The molecule has 0 spiro atoms. The van der Waals surface area contributed by atoms with Crippen LogP contribution in [0.5, 0.6) is 0 Å². The Kier molecular flexibility index (Phi) is 5.26. The third-order valence-electron chi connectivity index (χ3n) is 4.25. The molecule has 0 bridgehead atoms. The van der Waals surface area contributed by atoms with Gasteiger partial charge in [0, 0.05) is 25.2 Å². The number of nitrogens with one attached hydrogen (secondary N) is 1. The van der Waals surface area contributed by atoms with Gasteiger partial charge in [-0.05, 0) is 58.8 Å². The molecule has 2 fully saturated rings. The highest BCUT2D eigenvalue weighted by Crippen LogP contribution is 2.19. The standard InChI is InChI=1S/C14H29N3/c1-3-8-15-13-6-4-10-17(11-13)14-7-5-9-16(2)12-14/h13-15H,3-12H2,1-2H3. The molecule has 1 N–H and O–H groups in total. The quantitative estimate of drug-likeness (QED) is 0.803. The Bertz CT molecular complexity index is 220. The highest BCUT2D eigenvalue weighted by Gasteiger charge is 2.27. The number of hydrogen-bond acceptors (Lipinski definition) is 3. The smallest absolute Gasteiger partial charge is 0.0224 e. The first-order chi connectivity index (χ1) is 8.29. The Morgan fingerprint density at radius 1 is 1.12 bits per heavy atom. The average molecular weight is 239 g/mol. The van der Waals surface area contributed by atoms with Gasteiger partial charge in [0.05, 0.1) is 0 Å². The Labute approximate surface area is 107 Å². The maximum atomic E-state index is 3.70. The zero-order valence-electron chi connectivity index (χ0n) is 11.6. The number of likely N-dealkylation sites (tertiary alicyclic amines) is 2. The summed E-state index contributed by atoms with van der Waals surface area (Å²) in [5.74, 6) is 0. The second kappa shape index (κ2) is 6.72.